The highest BCUT2D eigenvalue weighted by Gasteiger charge is 2.25. The van der Waals surface area contributed by atoms with Crippen LogP contribution in [0.25, 0.3) is 10.2 Å². The lowest BCUT2D eigenvalue weighted by molar-refractivity contribution is 0.0986. The quantitative estimate of drug-likeness (QED) is 0.451. The predicted octanol–water partition coefficient (Wildman–Crippen LogP) is 4.23. The third-order valence-corrected chi connectivity index (χ3v) is 8.59. The Morgan fingerprint density at radius 1 is 1.03 bits per heavy atom. The maximum Gasteiger partial charge on any atom is 0.260 e. The summed E-state index contributed by atoms with van der Waals surface area (Å²) in [6.45, 7) is 7.03. The Balaban J connectivity index is 1.92. The smallest absolute Gasteiger partial charge is 0.260 e. The van der Waals surface area contributed by atoms with Crippen LogP contribution in [-0.2, 0) is 10.0 Å². The molecule has 0 aliphatic rings. The highest BCUT2D eigenvalue weighted by Crippen LogP contribution is 2.31. The van der Waals surface area contributed by atoms with E-state index in [1.54, 1.807) is 24.1 Å². The van der Waals surface area contributed by atoms with Crippen LogP contribution in [-0.4, -0.2) is 68.8 Å². The van der Waals surface area contributed by atoms with Gasteiger partial charge < -0.3 is 4.90 Å². The third kappa shape index (κ3) is 5.78. The van der Waals surface area contributed by atoms with Crippen molar-refractivity contribution in [3.63, 3.8) is 0 Å². The van der Waals surface area contributed by atoms with E-state index in [4.69, 9.17) is 4.98 Å². The average Bonchev–Trinajstić information content (AvgIpc) is 3.18. The minimum atomic E-state index is -3.61. The summed E-state index contributed by atoms with van der Waals surface area (Å²) in [7, 11) is 1.95. The van der Waals surface area contributed by atoms with E-state index in [1.807, 2.05) is 47.0 Å². The van der Waals surface area contributed by atoms with Gasteiger partial charge in [0.15, 0.2) is 5.13 Å². The number of thiazole rings is 1. The monoisotopic (exact) mass is 488 g/mol. The van der Waals surface area contributed by atoms with Crippen LogP contribution < -0.4 is 4.90 Å². The lowest BCUT2D eigenvalue weighted by atomic mass is 10.2. The molecule has 0 spiro atoms. The topological polar surface area (TPSA) is 73.8 Å². The first-order valence-corrected chi connectivity index (χ1v) is 13.2. The van der Waals surface area contributed by atoms with Crippen LogP contribution in [0.15, 0.2) is 47.4 Å². The molecule has 9 heteroatoms. The van der Waals surface area contributed by atoms with Gasteiger partial charge in [-0.3, -0.25) is 9.69 Å². The van der Waals surface area contributed by atoms with Gasteiger partial charge in [0.2, 0.25) is 10.0 Å². The Labute approximate surface area is 200 Å². The van der Waals surface area contributed by atoms with Crippen molar-refractivity contribution < 1.29 is 13.2 Å². The lowest BCUT2D eigenvalue weighted by Crippen LogP contribution is -2.34. The predicted molar refractivity (Wildman–Crippen MR) is 136 cm³/mol. The molecule has 33 heavy (non-hydrogen) atoms. The Morgan fingerprint density at radius 2 is 1.70 bits per heavy atom. The van der Waals surface area contributed by atoms with Gasteiger partial charge >= 0.3 is 0 Å². The van der Waals surface area contributed by atoms with Crippen molar-refractivity contribution >= 4 is 42.6 Å². The SMILES string of the molecule is Cc1ccc2nc(N(CCCN(C)C)C(=O)c3ccc(S(=O)(=O)N(C)C(C)C)cc3)sc2c1. The van der Waals surface area contributed by atoms with Gasteiger partial charge in [-0.15, -0.1) is 0 Å². The molecule has 0 fully saturated rings. The Bertz CT molecular complexity index is 1220. The Hall–Kier alpha value is -2.33. The summed E-state index contributed by atoms with van der Waals surface area (Å²) in [5, 5.41) is 0.649. The van der Waals surface area contributed by atoms with E-state index >= 15 is 0 Å². The van der Waals surface area contributed by atoms with Gasteiger partial charge in [0.25, 0.3) is 5.91 Å². The Morgan fingerprint density at radius 3 is 2.30 bits per heavy atom. The number of amides is 1. The summed E-state index contributed by atoms with van der Waals surface area (Å²) in [5.41, 5.74) is 2.44. The molecular weight excluding hydrogens is 456 g/mol. The number of fused-ring (bicyclic) bond motifs is 1. The number of aryl methyl sites for hydroxylation is 1. The van der Waals surface area contributed by atoms with Gasteiger partial charge in [0.05, 0.1) is 15.1 Å². The van der Waals surface area contributed by atoms with Crippen molar-refractivity contribution in [2.24, 2.45) is 0 Å². The van der Waals surface area contributed by atoms with Crippen molar-refractivity contribution in [2.45, 2.75) is 38.1 Å². The van der Waals surface area contributed by atoms with Gasteiger partial charge in [-0.2, -0.15) is 4.31 Å². The number of nitrogens with zero attached hydrogens (tertiary/aromatic N) is 4. The Kier molecular flexibility index (Phi) is 7.89. The number of benzene rings is 2. The minimum Gasteiger partial charge on any atom is -0.309 e. The van der Waals surface area contributed by atoms with Crippen LogP contribution in [0, 0.1) is 6.92 Å². The van der Waals surface area contributed by atoms with Gasteiger partial charge in [-0.05, 0) is 89.8 Å². The molecule has 0 N–H and O–H groups in total. The molecule has 0 radical (unpaired) electrons. The second-order valence-corrected chi connectivity index (χ2v) is 11.7. The van der Waals surface area contributed by atoms with E-state index in [-0.39, 0.29) is 16.8 Å². The molecule has 0 saturated heterocycles. The van der Waals surface area contributed by atoms with E-state index in [0.717, 1.165) is 28.7 Å². The average molecular weight is 489 g/mol. The number of hydrogen-bond donors (Lipinski definition) is 0. The van der Waals surface area contributed by atoms with E-state index in [1.165, 1.54) is 27.8 Å². The van der Waals surface area contributed by atoms with Crippen LogP contribution in [0.2, 0.25) is 0 Å². The number of sulfonamides is 1. The van der Waals surface area contributed by atoms with Crippen molar-refractivity contribution in [1.29, 1.82) is 0 Å². The second-order valence-electron chi connectivity index (χ2n) is 8.72. The number of aromatic nitrogens is 1. The molecule has 0 bridgehead atoms. The fourth-order valence-electron chi connectivity index (χ4n) is 3.33. The molecule has 0 aliphatic heterocycles. The summed E-state index contributed by atoms with van der Waals surface area (Å²) in [4.78, 5) is 22.1. The third-order valence-electron chi connectivity index (χ3n) is 5.50. The highest BCUT2D eigenvalue weighted by molar-refractivity contribution is 7.89. The van der Waals surface area contributed by atoms with E-state index in [2.05, 4.69) is 11.0 Å². The zero-order chi connectivity index (χ0) is 24.3. The summed E-state index contributed by atoms with van der Waals surface area (Å²) < 4.78 is 27.9. The van der Waals surface area contributed by atoms with Crippen LogP contribution in [0.3, 0.4) is 0 Å². The number of rotatable bonds is 9. The van der Waals surface area contributed by atoms with Gasteiger partial charge in [-0.25, -0.2) is 13.4 Å². The largest absolute Gasteiger partial charge is 0.309 e. The maximum absolute atomic E-state index is 13.5. The van der Waals surface area contributed by atoms with Crippen molar-refractivity contribution in [2.75, 3.05) is 39.1 Å². The summed E-state index contributed by atoms with van der Waals surface area (Å²) in [6.07, 6.45) is 0.791. The molecule has 1 aromatic heterocycles. The van der Waals surface area contributed by atoms with E-state index in [9.17, 15) is 13.2 Å². The minimum absolute atomic E-state index is 0.161. The summed E-state index contributed by atoms with van der Waals surface area (Å²) >= 11 is 1.49. The standard InChI is InChI=1S/C24H32N4O3S2/c1-17(2)27(6)33(30,31)20-11-9-19(10-12-20)23(29)28(15-7-14-26(4)5)24-25-21-13-8-18(3)16-22(21)32-24/h8-13,16-17H,7,14-15H2,1-6H3. The first-order chi connectivity index (χ1) is 15.5. The molecule has 178 valence electrons. The molecule has 0 saturated carbocycles. The molecule has 2 aromatic carbocycles. The molecule has 3 rings (SSSR count). The fraction of sp³-hybridized carbons (Fsp3) is 0.417. The molecule has 3 aromatic rings. The van der Waals surface area contributed by atoms with Gasteiger partial charge in [0, 0.05) is 25.2 Å². The van der Waals surface area contributed by atoms with Gasteiger partial charge in [-0.1, -0.05) is 17.4 Å². The van der Waals surface area contributed by atoms with Crippen molar-refractivity contribution in [1.82, 2.24) is 14.2 Å². The molecule has 0 unspecified atom stereocenters. The van der Waals surface area contributed by atoms with Crippen LogP contribution in [0.1, 0.15) is 36.2 Å². The number of anilines is 1. The normalized spacial score (nSPS) is 12.3. The molecule has 7 nitrogen and oxygen atoms in total. The van der Waals surface area contributed by atoms with Crippen molar-refractivity contribution in [3.8, 4) is 0 Å². The summed E-state index contributed by atoms with van der Waals surface area (Å²) in [6, 6.07) is 12.1. The maximum atomic E-state index is 13.5. The van der Waals surface area contributed by atoms with Gasteiger partial charge in [0.1, 0.15) is 0 Å². The lowest BCUT2D eigenvalue weighted by Gasteiger charge is -2.22. The van der Waals surface area contributed by atoms with Crippen LogP contribution in [0.4, 0.5) is 5.13 Å². The highest BCUT2D eigenvalue weighted by atomic mass is 32.2. The summed E-state index contributed by atoms with van der Waals surface area (Å²) in [5.74, 6) is -0.189. The molecule has 1 heterocycles. The van der Waals surface area contributed by atoms with Crippen LogP contribution in [0.5, 0.6) is 0 Å². The number of hydrogen-bond acceptors (Lipinski definition) is 6. The van der Waals surface area contributed by atoms with Crippen LogP contribution >= 0.6 is 11.3 Å². The fourth-order valence-corrected chi connectivity index (χ4v) is 5.79. The molecular formula is C24H32N4O3S2. The number of carbonyl (C=O) groups is 1. The van der Waals surface area contributed by atoms with Crippen molar-refractivity contribution in [3.05, 3.63) is 53.6 Å². The van der Waals surface area contributed by atoms with E-state index in [0.29, 0.717) is 17.2 Å². The first-order valence-electron chi connectivity index (χ1n) is 10.9. The molecule has 0 atom stereocenters. The zero-order valence-electron chi connectivity index (χ0n) is 20.1. The second kappa shape index (κ2) is 10.3. The first kappa shape index (κ1) is 25.3. The molecule has 0 aliphatic carbocycles. The van der Waals surface area contributed by atoms with E-state index < -0.39 is 10.0 Å². The number of carbonyl (C=O) groups excluding carboxylic acids is 1. The molecule has 1 amide bonds. The zero-order valence-corrected chi connectivity index (χ0v) is 21.7.